The fourth-order valence-corrected chi connectivity index (χ4v) is 4.67. The van der Waals surface area contributed by atoms with Crippen molar-refractivity contribution < 1.29 is 22.9 Å². The summed E-state index contributed by atoms with van der Waals surface area (Å²) >= 11 is 0.831. The molecule has 0 saturated carbocycles. The molecular formula is C20H39NaO5S. The van der Waals surface area contributed by atoms with Crippen LogP contribution in [0.5, 0.6) is 0 Å². The van der Waals surface area contributed by atoms with Gasteiger partial charge in [0.05, 0.1) is 0 Å². The molecule has 7 heteroatoms. The molecule has 0 bridgehead atoms. The van der Waals surface area contributed by atoms with Crippen molar-refractivity contribution in [1.29, 1.82) is 0 Å². The van der Waals surface area contributed by atoms with E-state index < -0.39 is 16.1 Å². The first-order valence-electron chi connectivity index (χ1n) is 10.6. The van der Waals surface area contributed by atoms with Crippen molar-refractivity contribution in [2.45, 2.75) is 100 Å². The van der Waals surface area contributed by atoms with Crippen LogP contribution < -0.4 is 0 Å². The van der Waals surface area contributed by atoms with E-state index in [1.807, 2.05) is 0 Å². The molecule has 0 aliphatic carbocycles. The van der Waals surface area contributed by atoms with Crippen LogP contribution >= 0.6 is 0 Å². The van der Waals surface area contributed by atoms with Gasteiger partial charge in [0.15, 0.2) is 0 Å². The summed E-state index contributed by atoms with van der Waals surface area (Å²) in [5.74, 6) is -0.734. The summed E-state index contributed by atoms with van der Waals surface area (Å²) in [6.45, 7) is 2.26. The second-order valence-corrected chi connectivity index (χ2v) is 9.59. The first kappa shape index (κ1) is 29.3. The van der Waals surface area contributed by atoms with Crippen LogP contribution in [0.15, 0.2) is 12.2 Å². The molecule has 0 aromatic rings. The number of hydrogen-bond donors (Lipinski definition) is 2. The van der Waals surface area contributed by atoms with Gasteiger partial charge in [-0.2, -0.15) is 0 Å². The molecule has 0 saturated heterocycles. The molecule has 27 heavy (non-hydrogen) atoms. The Kier molecular flexibility index (Phi) is 24.3. The molecule has 0 spiro atoms. The number of carboxylic acids is 1. The van der Waals surface area contributed by atoms with Crippen LogP contribution in [0.2, 0.25) is 3.67 Å². The maximum absolute atomic E-state index is 10.3. The molecule has 0 amide bonds. The molecule has 0 rings (SSSR count). The zero-order valence-electron chi connectivity index (χ0n) is 17.5. The van der Waals surface area contributed by atoms with Crippen molar-refractivity contribution in [1.82, 2.24) is 0 Å². The van der Waals surface area contributed by atoms with Gasteiger partial charge in [0, 0.05) is 6.42 Å². The minimum atomic E-state index is -3.64. The van der Waals surface area contributed by atoms with Gasteiger partial charge in [-0.1, -0.05) is 70.4 Å². The van der Waals surface area contributed by atoms with Gasteiger partial charge < -0.3 is 5.11 Å². The third-order valence-corrected chi connectivity index (χ3v) is 6.26. The van der Waals surface area contributed by atoms with Gasteiger partial charge in [-0.05, 0) is 32.1 Å². The van der Waals surface area contributed by atoms with Crippen molar-refractivity contribution in [2.24, 2.45) is 0 Å². The molecule has 0 atom stereocenters. The first-order chi connectivity index (χ1) is 12.8. The van der Waals surface area contributed by atoms with Crippen LogP contribution in [0.1, 0.15) is 96.8 Å². The van der Waals surface area contributed by atoms with E-state index >= 15 is 0 Å². The Morgan fingerprint density at radius 2 is 1.30 bits per heavy atom. The zero-order chi connectivity index (χ0) is 20.8. The second kappa shape index (κ2) is 22.4. The normalized spacial score (nSPS) is 11.4. The molecule has 0 unspecified atom stereocenters. The Labute approximate surface area is 184 Å². The summed E-state index contributed by atoms with van der Waals surface area (Å²) < 4.78 is 28.2. The Hall–Kier alpha value is 0.120. The summed E-state index contributed by atoms with van der Waals surface area (Å²) in [6.07, 6.45) is 21.2. The summed E-state index contributed by atoms with van der Waals surface area (Å²) in [4.78, 5) is 10.3. The van der Waals surface area contributed by atoms with Gasteiger partial charge in [-0.15, -0.1) is 0 Å². The third-order valence-electron chi connectivity index (χ3n) is 4.11. The molecule has 2 N–H and O–H groups in total. The van der Waals surface area contributed by atoms with Gasteiger partial charge in [-0.3, -0.25) is 4.79 Å². The van der Waals surface area contributed by atoms with Crippen molar-refractivity contribution in [2.75, 3.05) is 5.75 Å². The van der Waals surface area contributed by atoms with Gasteiger partial charge in [0.25, 0.3) is 0 Å². The number of carbonyl (C=O) groups is 1. The van der Waals surface area contributed by atoms with Gasteiger partial charge in [0.1, 0.15) is 0 Å². The summed E-state index contributed by atoms with van der Waals surface area (Å²) in [6, 6.07) is 0. The summed E-state index contributed by atoms with van der Waals surface area (Å²) in [7, 11) is -3.64. The van der Waals surface area contributed by atoms with E-state index in [-0.39, 0.29) is 5.75 Å². The number of rotatable bonds is 17. The Bertz CT molecular complexity index is 449. The quantitative estimate of drug-likeness (QED) is 0.140. The number of allylic oxidation sites excluding steroid dienone is 2. The topological polar surface area (TPSA) is 91.7 Å². The predicted molar refractivity (Wildman–Crippen MR) is 114 cm³/mol. The Morgan fingerprint density at radius 1 is 0.852 bits per heavy atom. The molecule has 0 aliphatic rings. The van der Waals surface area contributed by atoms with E-state index in [2.05, 4.69) is 19.1 Å². The van der Waals surface area contributed by atoms with Crippen LogP contribution in [-0.2, 0) is 14.9 Å². The number of aliphatic carboxylic acids is 1. The fourth-order valence-electron chi connectivity index (χ4n) is 2.60. The predicted octanol–water partition coefficient (Wildman–Crippen LogP) is 5.57. The van der Waals surface area contributed by atoms with Crippen LogP contribution in [0.25, 0.3) is 0 Å². The minimum absolute atomic E-state index is 0.0702. The number of unbranched alkanes of at least 4 members (excludes halogenated alkanes) is 11. The monoisotopic (exact) mass is 414 g/mol. The summed E-state index contributed by atoms with van der Waals surface area (Å²) in [5.41, 5.74) is 0. The first-order valence-corrected chi connectivity index (χ1v) is 13.7. The van der Waals surface area contributed by atoms with Crippen molar-refractivity contribution in [3.8, 4) is 0 Å². The van der Waals surface area contributed by atoms with Gasteiger partial charge in [-0.25, -0.2) is 0 Å². The zero-order valence-corrected chi connectivity index (χ0v) is 20.3. The molecule has 0 aliphatic heterocycles. The maximum atomic E-state index is 10.3. The van der Waals surface area contributed by atoms with Crippen LogP contribution in [-0.4, -0.2) is 57.7 Å². The van der Waals surface area contributed by atoms with Crippen LogP contribution in [0.4, 0.5) is 0 Å². The van der Waals surface area contributed by atoms with E-state index in [9.17, 15) is 13.2 Å². The summed E-state index contributed by atoms with van der Waals surface area (Å²) in [5, 5.41) is 8.51. The average Bonchev–Trinajstić information content (AvgIpc) is 2.57. The standard InChI is InChI=1S/C18H34O2.C2H5O3S.Na/c1-2-3-4-5-6-7-8-9-10-11-12-13-14-15-16-17-18(19)20;1-2-6(3,4)5;/h9-10H,2-8,11-17H2,1H3,(H,19,20);1-2H2,(H,3,4,5);/b10-9-;;. The molecule has 0 aromatic carbocycles. The molecule has 0 aromatic heterocycles. The SMILES string of the molecule is CCCCCCCC/C=C\CCCCCCCC(=O)O.O=S(=O)(O)C[CH2][Na]. The number of carboxylic acid groups (broad SMARTS) is 1. The van der Waals surface area contributed by atoms with E-state index in [0.29, 0.717) is 10.1 Å². The van der Waals surface area contributed by atoms with Crippen LogP contribution in [0, 0.1) is 0 Å². The van der Waals surface area contributed by atoms with E-state index in [1.54, 1.807) is 0 Å². The molecule has 0 radical (unpaired) electrons. The molecular weight excluding hydrogens is 375 g/mol. The van der Waals surface area contributed by atoms with Crippen molar-refractivity contribution in [3.05, 3.63) is 12.2 Å². The van der Waals surface area contributed by atoms with Crippen LogP contribution in [0.3, 0.4) is 0 Å². The van der Waals surface area contributed by atoms with Crippen molar-refractivity contribution in [3.63, 3.8) is 0 Å². The van der Waals surface area contributed by atoms with Gasteiger partial charge >= 0.3 is 66.4 Å². The second-order valence-electron chi connectivity index (χ2n) is 7.01. The average molecular weight is 415 g/mol. The van der Waals surface area contributed by atoms with Crippen molar-refractivity contribution >= 4 is 44.0 Å². The van der Waals surface area contributed by atoms with E-state index in [4.69, 9.17) is 9.66 Å². The Morgan fingerprint density at radius 3 is 1.67 bits per heavy atom. The number of hydrogen-bond acceptors (Lipinski definition) is 3. The Balaban J connectivity index is 0. The molecule has 0 heterocycles. The molecule has 5 nitrogen and oxygen atoms in total. The molecule has 0 fully saturated rings. The fraction of sp³-hybridized carbons (Fsp3) is 0.850. The third kappa shape index (κ3) is 34.1. The molecule has 156 valence electrons. The van der Waals surface area contributed by atoms with E-state index in [0.717, 1.165) is 40.8 Å². The van der Waals surface area contributed by atoms with E-state index in [1.165, 1.54) is 70.6 Å². The van der Waals surface area contributed by atoms with Gasteiger partial charge in [0.2, 0.25) is 0 Å².